The Bertz CT molecular complexity index is 571. The fraction of sp³-hybridized carbons (Fsp3) is 0.286. The minimum absolute atomic E-state index is 0.309. The van der Waals surface area contributed by atoms with E-state index in [0.29, 0.717) is 30.5 Å². The minimum atomic E-state index is -0.309. The maximum Gasteiger partial charge on any atom is 0.225 e. The third-order valence-electron chi connectivity index (χ3n) is 2.80. The molecule has 0 radical (unpaired) electrons. The number of oxazole rings is 1. The van der Waals surface area contributed by atoms with Gasteiger partial charge in [-0.3, -0.25) is 4.79 Å². The molecule has 1 aromatic carbocycles. The van der Waals surface area contributed by atoms with Crippen LogP contribution in [-0.2, 0) is 16.1 Å². The summed E-state index contributed by atoms with van der Waals surface area (Å²) >= 11 is 3.98. The van der Waals surface area contributed by atoms with Crippen molar-refractivity contribution in [3.8, 4) is 0 Å². The first-order valence-corrected chi connectivity index (χ1v) is 6.58. The van der Waals surface area contributed by atoms with E-state index in [1.807, 2.05) is 37.3 Å². The summed E-state index contributed by atoms with van der Waals surface area (Å²) in [6.45, 7) is 4.04. The van der Waals surface area contributed by atoms with Crippen molar-refractivity contribution in [2.24, 2.45) is 0 Å². The van der Waals surface area contributed by atoms with E-state index in [9.17, 15) is 4.79 Å². The lowest BCUT2D eigenvalue weighted by molar-refractivity contribution is -0.106. The molecule has 0 aliphatic rings. The predicted molar refractivity (Wildman–Crippen MR) is 78.4 cm³/mol. The molecule has 1 atom stereocenters. The van der Waals surface area contributed by atoms with Crippen LogP contribution in [0.25, 0.3) is 0 Å². The third-order valence-corrected chi connectivity index (χ3v) is 3.08. The number of hydrogen-bond donors (Lipinski definition) is 1. The van der Waals surface area contributed by atoms with Crippen molar-refractivity contribution in [1.82, 2.24) is 4.98 Å². The second-order valence-corrected chi connectivity index (χ2v) is 4.75. The smallest absolute Gasteiger partial charge is 0.225 e. The van der Waals surface area contributed by atoms with E-state index in [1.54, 1.807) is 6.92 Å². The second kappa shape index (κ2) is 6.58. The van der Waals surface area contributed by atoms with Gasteiger partial charge in [0.05, 0.1) is 6.61 Å². The molecule has 0 aliphatic heterocycles. The summed E-state index contributed by atoms with van der Waals surface area (Å²) in [5.41, 5.74) is 1.08. The van der Waals surface area contributed by atoms with Crippen LogP contribution in [-0.4, -0.2) is 11.4 Å². The van der Waals surface area contributed by atoms with Crippen molar-refractivity contribution in [3.63, 3.8) is 0 Å². The zero-order valence-electron chi connectivity index (χ0n) is 11.3. The molecule has 2 rings (SSSR count). The Hall–Kier alpha value is -1.79. The Morgan fingerprint density at radius 3 is 2.80 bits per heavy atom. The lowest BCUT2D eigenvalue weighted by Gasteiger charge is -2.09. The van der Waals surface area contributed by atoms with Crippen molar-refractivity contribution in [2.75, 3.05) is 4.31 Å². The molecule has 0 saturated heterocycles. The SMILES string of the molecule is Cc1oc(C(C)OCc2ccccc2)nc1N(S)C=O. The molecule has 1 amide bonds. The summed E-state index contributed by atoms with van der Waals surface area (Å²) in [6, 6.07) is 9.85. The Kier molecular flexibility index (Phi) is 4.81. The van der Waals surface area contributed by atoms with E-state index in [0.717, 1.165) is 9.87 Å². The van der Waals surface area contributed by atoms with Gasteiger partial charge >= 0.3 is 0 Å². The Balaban J connectivity index is 2.02. The molecule has 0 spiro atoms. The first-order valence-electron chi connectivity index (χ1n) is 6.18. The van der Waals surface area contributed by atoms with Crippen molar-refractivity contribution in [1.29, 1.82) is 0 Å². The minimum Gasteiger partial charge on any atom is -0.441 e. The highest BCUT2D eigenvalue weighted by Crippen LogP contribution is 2.26. The molecule has 0 bridgehead atoms. The zero-order valence-corrected chi connectivity index (χ0v) is 12.2. The normalized spacial score (nSPS) is 12.2. The van der Waals surface area contributed by atoms with E-state index >= 15 is 0 Å². The highest BCUT2D eigenvalue weighted by molar-refractivity contribution is 7.82. The molecule has 20 heavy (non-hydrogen) atoms. The topological polar surface area (TPSA) is 55.6 Å². The molecule has 106 valence electrons. The zero-order chi connectivity index (χ0) is 14.5. The molecule has 1 heterocycles. The fourth-order valence-electron chi connectivity index (χ4n) is 1.71. The van der Waals surface area contributed by atoms with E-state index in [1.165, 1.54) is 0 Å². The number of thiol groups is 1. The van der Waals surface area contributed by atoms with Crippen molar-refractivity contribution < 1.29 is 13.9 Å². The van der Waals surface area contributed by atoms with Crippen molar-refractivity contribution >= 4 is 25.0 Å². The van der Waals surface area contributed by atoms with Gasteiger partial charge < -0.3 is 9.15 Å². The fourth-order valence-corrected chi connectivity index (χ4v) is 1.90. The van der Waals surface area contributed by atoms with Crippen LogP contribution in [0.2, 0.25) is 0 Å². The number of hydrogen-bond acceptors (Lipinski definition) is 5. The number of rotatable bonds is 6. The summed E-state index contributed by atoms with van der Waals surface area (Å²) in [7, 11) is 0. The largest absolute Gasteiger partial charge is 0.441 e. The van der Waals surface area contributed by atoms with Crippen LogP contribution in [0.1, 0.15) is 30.2 Å². The van der Waals surface area contributed by atoms with Crippen LogP contribution < -0.4 is 4.31 Å². The van der Waals surface area contributed by atoms with Gasteiger partial charge in [-0.1, -0.05) is 43.1 Å². The molecular weight excluding hydrogens is 276 g/mol. The molecule has 2 aromatic rings. The molecule has 1 unspecified atom stereocenters. The number of anilines is 1. The lowest BCUT2D eigenvalue weighted by atomic mass is 10.2. The van der Waals surface area contributed by atoms with Gasteiger partial charge in [0.1, 0.15) is 11.9 Å². The van der Waals surface area contributed by atoms with Crippen molar-refractivity contribution in [2.45, 2.75) is 26.6 Å². The highest BCUT2D eigenvalue weighted by atomic mass is 32.1. The molecule has 0 saturated carbocycles. The van der Waals surface area contributed by atoms with Crippen LogP contribution in [0.4, 0.5) is 5.82 Å². The summed E-state index contributed by atoms with van der Waals surface area (Å²) in [4.78, 5) is 14.9. The van der Waals surface area contributed by atoms with Crippen LogP contribution in [0, 0.1) is 6.92 Å². The predicted octanol–water partition coefficient (Wildman–Crippen LogP) is 3.07. The van der Waals surface area contributed by atoms with Gasteiger partial charge in [-0.25, -0.2) is 4.31 Å². The number of carbonyl (C=O) groups excluding carboxylic acids is 1. The first-order chi connectivity index (χ1) is 9.61. The van der Waals surface area contributed by atoms with Crippen LogP contribution in [0.5, 0.6) is 0 Å². The number of nitrogens with zero attached hydrogens (tertiary/aromatic N) is 2. The maximum absolute atomic E-state index is 10.7. The number of amides is 1. The molecule has 0 fully saturated rings. The van der Waals surface area contributed by atoms with E-state index in [-0.39, 0.29) is 6.10 Å². The Morgan fingerprint density at radius 1 is 1.45 bits per heavy atom. The molecular formula is C14H16N2O3S. The summed E-state index contributed by atoms with van der Waals surface area (Å²) in [5, 5.41) is 0. The lowest BCUT2D eigenvalue weighted by Crippen LogP contribution is -2.08. The number of carbonyl (C=O) groups is 1. The number of ether oxygens (including phenoxy) is 1. The molecule has 6 heteroatoms. The third kappa shape index (κ3) is 3.40. The molecule has 5 nitrogen and oxygen atoms in total. The van der Waals surface area contributed by atoms with Gasteiger partial charge in [-0.2, -0.15) is 4.98 Å². The number of aromatic nitrogens is 1. The van der Waals surface area contributed by atoms with E-state index in [4.69, 9.17) is 9.15 Å². The van der Waals surface area contributed by atoms with E-state index in [2.05, 4.69) is 17.8 Å². The summed E-state index contributed by atoms with van der Waals surface area (Å²) < 4.78 is 12.3. The standard InChI is InChI=1S/C14H16N2O3S/c1-10-13(16(20)9-17)15-14(19-10)11(2)18-8-12-6-4-3-5-7-12/h3-7,9,11,20H,8H2,1-2H3. The summed E-state index contributed by atoms with van der Waals surface area (Å²) in [6.07, 6.45) is 0.254. The average molecular weight is 292 g/mol. The Labute approximate surface area is 123 Å². The Morgan fingerprint density at radius 2 is 2.15 bits per heavy atom. The monoisotopic (exact) mass is 292 g/mol. The van der Waals surface area contributed by atoms with Gasteiger partial charge in [0.15, 0.2) is 5.82 Å². The highest BCUT2D eigenvalue weighted by Gasteiger charge is 2.18. The van der Waals surface area contributed by atoms with E-state index < -0.39 is 0 Å². The van der Waals surface area contributed by atoms with Gasteiger partial charge in [0, 0.05) is 0 Å². The number of aryl methyl sites for hydroxylation is 1. The first kappa shape index (κ1) is 14.6. The second-order valence-electron chi connectivity index (χ2n) is 4.32. The van der Waals surface area contributed by atoms with Crippen molar-refractivity contribution in [3.05, 3.63) is 47.5 Å². The quantitative estimate of drug-likeness (QED) is 0.656. The van der Waals surface area contributed by atoms with Crippen LogP contribution in [0.15, 0.2) is 34.7 Å². The average Bonchev–Trinajstić information content (AvgIpc) is 2.87. The number of benzene rings is 1. The molecule has 0 aliphatic carbocycles. The summed E-state index contributed by atoms with van der Waals surface area (Å²) in [5.74, 6) is 1.33. The molecule has 0 N–H and O–H groups in total. The van der Waals surface area contributed by atoms with Crippen LogP contribution >= 0.6 is 12.8 Å². The van der Waals surface area contributed by atoms with Gasteiger partial charge in [-0.15, -0.1) is 0 Å². The van der Waals surface area contributed by atoms with Gasteiger partial charge in [0.2, 0.25) is 12.3 Å². The van der Waals surface area contributed by atoms with Gasteiger partial charge in [0.25, 0.3) is 0 Å². The maximum atomic E-state index is 10.7. The van der Waals surface area contributed by atoms with Crippen LogP contribution in [0.3, 0.4) is 0 Å². The van der Waals surface area contributed by atoms with Gasteiger partial charge in [-0.05, 0) is 19.4 Å². The molecule has 1 aromatic heterocycles.